The first-order valence-corrected chi connectivity index (χ1v) is 13.7. The summed E-state index contributed by atoms with van der Waals surface area (Å²) < 4.78 is 0. The monoisotopic (exact) mass is 554 g/mol. The van der Waals surface area contributed by atoms with Crippen LogP contribution in [0.25, 0.3) is 0 Å². The van der Waals surface area contributed by atoms with E-state index in [2.05, 4.69) is 10.2 Å². The second kappa shape index (κ2) is 10.7. The van der Waals surface area contributed by atoms with E-state index < -0.39 is 11.9 Å². The van der Waals surface area contributed by atoms with Crippen molar-refractivity contribution in [3.05, 3.63) is 94.5 Å². The fourth-order valence-electron chi connectivity index (χ4n) is 6.07. The molecule has 0 saturated carbocycles. The number of piperazine rings is 1. The Morgan fingerprint density at radius 1 is 0.829 bits per heavy atom. The molecule has 0 aliphatic carbocycles. The number of nitrogens with one attached hydrogen (secondary N) is 1. The minimum absolute atomic E-state index is 0.130. The first-order chi connectivity index (χ1) is 19.8. The quantitative estimate of drug-likeness (QED) is 0.413. The number of hydrogen-bond acceptors (Lipinski definition) is 7. The Morgan fingerprint density at radius 3 is 2.02 bits per heavy atom. The van der Waals surface area contributed by atoms with Crippen LogP contribution in [-0.4, -0.2) is 80.8 Å². The molecule has 3 aromatic carbocycles. The van der Waals surface area contributed by atoms with E-state index in [4.69, 9.17) is 0 Å². The van der Waals surface area contributed by atoms with Crippen molar-refractivity contribution < 1.29 is 29.4 Å². The third-order valence-electron chi connectivity index (χ3n) is 8.20. The van der Waals surface area contributed by atoms with E-state index in [0.717, 1.165) is 11.1 Å². The van der Waals surface area contributed by atoms with Crippen molar-refractivity contribution in [1.82, 2.24) is 20.0 Å². The summed E-state index contributed by atoms with van der Waals surface area (Å²) in [5, 5.41) is 21.9. The van der Waals surface area contributed by atoms with Crippen molar-refractivity contribution in [1.29, 1.82) is 0 Å². The maximum Gasteiger partial charge on any atom is 0.255 e. The molecular formula is C31H30N4O6. The van der Waals surface area contributed by atoms with Crippen molar-refractivity contribution in [2.24, 2.45) is 0 Å². The van der Waals surface area contributed by atoms with Crippen molar-refractivity contribution >= 4 is 23.6 Å². The Kier molecular flexibility index (Phi) is 6.92. The molecule has 0 radical (unpaired) electrons. The van der Waals surface area contributed by atoms with Crippen LogP contribution >= 0.6 is 0 Å². The second-order valence-corrected chi connectivity index (χ2v) is 10.6. The van der Waals surface area contributed by atoms with Crippen LogP contribution in [0.1, 0.15) is 56.3 Å². The van der Waals surface area contributed by atoms with Gasteiger partial charge in [-0.3, -0.25) is 29.4 Å². The lowest BCUT2D eigenvalue weighted by molar-refractivity contribution is -0.136. The number of nitrogens with zero attached hydrogens (tertiary/aromatic N) is 3. The summed E-state index contributed by atoms with van der Waals surface area (Å²) in [4.78, 5) is 56.5. The molecule has 6 rings (SSSR count). The highest BCUT2D eigenvalue weighted by molar-refractivity contribution is 6.07. The standard InChI is InChI=1S/C31H30N4O6/c36-21-8-4-19(5-9-21)28(20-6-10-22(37)11-7-20)33-14-16-34(17-15-33)30(40)23-2-1-3-24-25(23)18-35(31(24)41)26-12-13-27(38)32-29(26)39/h1-11,26,28,36-37H,12-18H2,(H,32,38,39). The number of fused-ring (bicyclic) bond motifs is 1. The maximum absolute atomic E-state index is 13.7. The summed E-state index contributed by atoms with van der Waals surface area (Å²) in [6.45, 7) is 2.27. The highest BCUT2D eigenvalue weighted by Gasteiger charge is 2.41. The molecule has 2 saturated heterocycles. The highest BCUT2D eigenvalue weighted by Crippen LogP contribution is 2.33. The van der Waals surface area contributed by atoms with Gasteiger partial charge in [-0.05, 0) is 59.5 Å². The molecule has 1 unspecified atom stereocenters. The molecule has 1 atom stereocenters. The third-order valence-corrected chi connectivity index (χ3v) is 8.20. The molecule has 41 heavy (non-hydrogen) atoms. The predicted octanol–water partition coefficient (Wildman–Crippen LogP) is 2.41. The SMILES string of the molecule is O=C1CCC(N2Cc3c(C(=O)N4CCN(C(c5ccc(O)cc5)c5ccc(O)cc5)CC4)cccc3C2=O)C(=O)N1. The molecule has 0 aromatic heterocycles. The molecule has 0 bridgehead atoms. The Hall–Kier alpha value is -4.70. The lowest BCUT2D eigenvalue weighted by Crippen LogP contribution is -2.52. The summed E-state index contributed by atoms with van der Waals surface area (Å²) in [7, 11) is 0. The molecule has 2 fully saturated rings. The van der Waals surface area contributed by atoms with Crippen molar-refractivity contribution in [3.63, 3.8) is 0 Å². The van der Waals surface area contributed by atoms with Crippen LogP contribution in [0.3, 0.4) is 0 Å². The highest BCUT2D eigenvalue weighted by atomic mass is 16.3. The topological polar surface area (TPSA) is 130 Å². The molecule has 210 valence electrons. The largest absolute Gasteiger partial charge is 0.508 e. The number of aromatic hydroxyl groups is 2. The molecule has 3 heterocycles. The Morgan fingerprint density at radius 2 is 1.44 bits per heavy atom. The fourth-order valence-corrected chi connectivity index (χ4v) is 6.07. The number of phenols is 2. The van der Waals surface area contributed by atoms with Gasteiger partial charge in [0.2, 0.25) is 11.8 Å². The van der Waals surface area contributed by atoms with Gasteiger partial charge in [0.15, 0.2) is 0 Å². The third kappa shape index (κ3) is 5.02. The van der Waals surface area contributed by atoms with Crippen molar-refractivity contribution in [2.45, 2.75) is 31.5 Å². The van der Waals surface area contributed by atoms with Gasteiger partial charge in [0.1, 0.15) is 17.5 Å². The van der Waals surface area contributed by atoms with E-state index >= 15 is 0 Å². The number of carbonyl (C=O) groups is 4. The van der Waals surface area contributed by atoms with E-state index in [1.165, 1.54) is 4.90 Å². The van der Waals surface area contributed by atoms with Crippen LogP contribution in [0.5, 0.6) is 11.5 Å². The Bertz CT molecular complexity index is 1470. The lowest BCUT2D eigenvalue weighted by Gasteiger charge is -2.40. The number of hydrogen-bond donors (Lipinski definition) is 3. The first-order valence-electron chi connectivity index (χ1n) is 13.7. The van der Waals surface area contributed by atoms with Gasteiger partial charge in [-0.2, -0.15) is 0 Å². The Balaban J connectivity index is 1.19. The summed E-state index contributed by atoms with van der Waals surface area (Å²) in [5.74, 6) is -0.936. The number of piperidine rings is 1. The van der Waals surface area contributed by atoms with Crippen LogP contribution in [0.4, 0.5) is 0 Å². The predicted molar refractivity (Wildman–Crippen MR) is 148 cm³/mol. The van der Waals surface area contributed by atoms with Gasteiger partial charge in [-0.1, -0.05) is 30.3 Å². The van der Waals surface area contributed by atoms with Gasteiger partial charge < -0.3 is 20.0 Å². The van der Waals surface area contributed by atoms with Crippen LogP contribution < -0.4 is 5.32 Å². The molecule has 3 aromatic rings. The number of imide groups is 1. The van der Waals surface area contributed by atoms with Crippen LogP contribution in [-0.2, 0) is 16.1 Å². The van der Waals surface area contributed by atoms with E-state index in [0.29, 0.717) is 42.9 Å². The molecule has 3 N–H and O–H groups in total. The zero-order valence-corrected chi connectivity index (χ0v) is 22.3. The maximum atomic E-state index is 13.7. The first kappa shape index (κ1) is 26.5. The number of benzene rings is 3. The van der Waals surface area contributed by atoms with Gasteiger partial charge >= 0.3 is 0 Å². The molecule has 10 nitrogen and oxygen atoms in total. The van der Waals surface area contributed by atoms with Gasteiger partial charge in [0.25, 0.3) is 11.8 Å². The zero-order chi connectivity index (χ0) is 28.7. The number of carbonyl (C=O) groups excluding carboxylic acids is 4. The summed E-state index contributed by atoms with van der Waals surface area (Å²) in [6, 6.07) is 18.3. The number of rotatable bonds is 5. The molecule has 3 aliphatic rings. The Labute approximate surface area is 236 Å². The van der Waals surface area contributed by atoms with Crippen molar-refractivity contribution in [3.8, 4) is 11.5 Å². The zero-order valence-electron chi connectivity index (χ0n) is 22.3. The average molecular weight is 555 g/mol. The minimum atomic E-state index is -0.740. The van der Waals surface area contributed by atoms with Crippen LogP contribution in [0.15, 0.2) is 66.7 Å². The summed E-state index contributed by atoms with van der Waals surface area (Å²) in [6.07, 6.45) is 0.431. The lowest BCUT2D eigenvalue weighted by atomic mass is 9.96. The molecular weight excluding hydrogens is 524 g/mol. The van der Waals surface area contributed by atoms with Gasteiger partial charge in [-0.15, -0.1) is 0 Å². The van der Waals surface area contributed by atoms with Gasteiger partial charge in [-0.25, -0.2) is 0 Å². The average Bonchev–Trinajstić information content (AvgIpc) is 3.31. The molecule has 4 amide bonds. The van der Waals surface area contributed by atoms with E-state index in [1.54, 1.807) is 47.4 Å². The summed E-state index contributed by atoms with van der Waals surface area (Å²) >= 11 is 0. The van der Waals surface area contributed by atoms with E-state index in [9.17, 15) is 29.4 Å². The van der Waals surface area contributed by atoms with E-state index in [1.807, 2.05) is 24.3 Å². The smallest absolute Gasteiger partial charge is 0.255 e. The molecule has 10 heteroatoms. The second-order valence-electron chi connectivity index (χ2n) is 10.6. The van der Waals surface area contributed by atoms with Crippen LogP contribution in [0.2, 0.25) is 0 Å². The van der Waals surface area contributed by atoms with Crippen LogP contribution in [0, 0.1) is 0 Å². The summed E-state index contributed by atoms with van der Waals surface area (Å²) in [5.41, 5.74) is 3.45. The number of phenolic OH excluding ortho intramolecular Hbond substituents is 2. The minimum Gasteiger partial charge on any atom is -0.508 e. The van der Waals surface area contributed by atoms with Gasteiger partial charge in [0, 0.05) is 50.3 Å². The van der Waals surface area contributed by atoms with Crippen molar-refractivity contribution in [2.75, 3.05) is 26.2 Å². The van der Waals surface area contributed by atoms with Gasteiger partial charge in [0.05, 0.1) is 6.04 Å². The fraction of sp³-hybridized carbons (Fsp3) is 0.290. The normalized spacial score (nSPS) is 19.4. The molecule has 0 spiro atoms. The number of amides is 4. The van der Waals surface area contributed by atoms with E-state index in [-0.39, 0.29) is 54.6 Å². The molecule has 3 aliphatic heterocycles.